The molecule has 3 aromatic heterocycles. The number of aryl methyl sites for hydroxylation is 1. The zero-order chi connectivity index (χ0) is 41.6. The molecule has 7 atom stereocenters. The summed E-state index contributed by atoms with van der Waals surface area (Å²) in [7, 11) is 4.02. The Labute approximate surface area is 354 Å². The normalized spacial score (nSPS) is 30.4. The second kappa shape index (κ2) is 17.0. The molecule has 4 aliphatic carbocycles. The van der Waals surface area contributed by atoms with E-state index in [2.05, 4.69) is 49.0 Å². The maximum absolute atomic E-state index is 14.4. The number of benzene rings is 1. The van der Waals surface area contributed by atoms with Gasteiger partial charge in [0.15, 0.2) is 0 Å². The summed E-state index contributed by atoms with van der Waals surface area (Å²) in [6.07, 6.45) is 17.9. The lowest BCUT2D eigenvalue weighted by atomic mass is 9.45. The number of pyridine rings is 2. The Bertz CT molecular complexity index is 2180. The number of fused-ring (bicyclic) bond motifs is 8. The minimum Gasteiger partial charge on any atom is -0.478 e. The van der Waals surface area contributed by atoms with Gasteiger partial charge in [0.1, 0.15) is 0 Å². The predicted octanol–water partition coefficient (Wildman–Crippen LogP) is 10.2. The molecule has 4 heterocycles. The number of aromatic nitrogens is 4. The van der Waals surface area contributed by atoms with Gasteiger partial charge in [-0.2, -0.15) is 0 Å². The van der Waals surface area contributed by atoms with E-state index in [9.17, 15) is 13.6 Å². The molecular formula is C49H67F2N5O4. The standard InChI is InChI=1S/C49H67F2N5O4/c1-47-21-22-49(50,51)30-35(47)11-12-37-39-13-15-43(48(39,2)20-17-40(37)47)59-25-7-5-6-23-54(3)24-8-26-60-44-16-10-34(31-53-44)33-9-14-41-38(29-33)45-42(32-52-41)55(4)46(57)56(45)36-18-27-58-28-19-36/h9-10,14,16,29,31-32,35-37,39-40,43H,5-8,11-13,15,17-28,30H2,1-4H3/t35-,37-,39-,40-,43-,47?,48-/m0/s1. The maximum Gasteiger partial charge on any atom is 0.329 e. The monoisotopic (exact) mass is 828 g/mol. The number of imidazole rings is 1. The number of halogens is 2. The van der Waals surface area contributed by atoms with Gasteiger partial charge >= 0.3 is 5.69 Å². The molecule has 4 saturated carbocycles. The van der Waals surface area contributed by atoms with Crippen LogP contribution in [0, 0.1) is 34.5 Å². The fourth-order valence-electron chi connectivity index (χ4n) is 13.0. The van der Waals surface area contributed by atoms with E-state index in [1.165, 1.54) is 25.7 Å². The molecule has 4 aromatic rings. The van der Waals surface area contributed by atoms with Gasteiger partial charge in [0, 0.05) is 75.5 Å². The van der Waals surface area contributed by atoms with Crippen molar-refractivity contribution in [2.45, 2.75) is 128 Å². The van der Waals surface area contributed by atoms with Crippen LogP contribution in [0.25, 0.3) is 33.1 Å². The number of hydrogen-bond acceptors (Lipinski definition) is 7. The summed E-state index contributed by atoms with van der Waals surface area (Å²) in [4.78, 5) is 25.1. The minimum atomic E-state index is -2.45. The fraction of sp³-hybridized carbons (Fsp3) is 0.694. The van der Waals surface area contributed by atoms with Crippen LogP contribution < -0.4 is 10.4 Å². The number of rotatable bonds is 14. The average molecular weight is 828 g/mol. The Morgan fingerprint density at radius 1 is 0.833 bits per heavy atom. The molecule has 5 aliphatic rings. The summed E-state index contributed by atoms with van der Waals surface area (Å²) in [5.74, 6) is 0.367. The predicted molar refractivity (Wildman–Crippen MR) is 233 cm³/mol. The van der Waals surface area contributed by atoms with Crippen LogP contribution in [0.5, 0.6) is 5.88 Å². The Morgan fingerprint density at radius 3 is 2.45 bits per heavy atom. The van der Waals surface area contributed by atoms with Gasteiger partial charge in [-0.05, 0) is 155 Å². The quantitative estimate of drug-likeness (QED) is 0.117. The highest BCUT2D eigenvalue weighted by atomic mass is 19.3. The van der Waals surface area contributed by atoms with Crippen LogP contribution in [0.3, 0.4) is 0 Å². The highest BCUT2D eigenvalue weighted by Gasteiger charge is 2.62. The van der Waals surface area contributed by atoms with Crippen molar-refractivity contribution in [3.8, 4) is 17.0 Å². The van der Waals surface area contributed by atoms with Crippen LogP contribution >= 0.6 is 0 Å². The van der Waals surface area contributed by atoms with E-state index in [-0.39, 0.29) is 41.3 Å². The summed E-state index contributed by atoms with van der Waals surface area (Å²) in [6.45, 7) is 9.69. The van der Waals surface area contributed by atoms with Crippen LogP contribution in [0.4, 0.5) is 8.78 Å². The lowest BCUT2D eigenvalue weighted by molar-refractivity contribution is -0.169. The van der Waals surface area contributed by atoms with E-state index in [4.69, 9.17) is 19.2 Å². The molecule has 60 heavy (non-hydrogen) atoms. The Kier molecular flexibility index (Phi) is 11.9. The first-order valence-electron chi connectivity index (χ1n) is 23.3. The van der Waals surface area contributed by atoms with Crippen molar-refractivity contribution in [1.82, 2.24) is 24.0 Å². The zero-order valence-corrected chi connectivity index (χ0v) is 36.5. The summed E-state index contributed by atoms with van der Waals surface area (Å²) in [5, 5.41) is 0.967. The van der Waals surface area contributed by atoms with Crippen molar-refractivity contribution < 1.29 is 23.0 Å². The third-order valence-corrected chi connectivity index (χ3v) is 16.5. The Balaban J connectivity index is 0.693. The van der Waals surface area contributed by atoms with Crippen LogP contribution in [-0.4, -0.2) is 82.6 Å². The first-order chi connectivity index (χ1) is 28.9. The molecule has 1 aromatic carbocycles. The Morgan fingerprint density at radius 2 is 1.63 bits per heavy atom. The summed E-state index contributed by atoms with van der Waals surface area (Å²) < 4.78 is 50.7. The number of hydrogen-bond donors (Lipinski definition) is 0. The largest absolute Gasteiger partial charge is 0.478 e. The second-order valence-electron chi connectivity index (χ2n) is 19.9. The van der Waals surface area contributed by atoms with E-state index in [1.54, 1.807) is 4.57 Å². The molecule has 1 saturated heterocycles. The molecule has 9 rings (SSSR count). The highest BCUT2D eigenvalue weighted by Crippen LogP contribution is 2.67. The van der Waals surface area contributed by atoms with E-state index in [0.29, 0.717) is 56.0 Å². The van der Waals surface area contributed by atoms with Gasteiger partial charge in [-0.3, -0.25) is 14.1 Å². The van der Waals surface area contributed by atoms with E-state index < -0.39 is 5.92 Å². The van der Waals surface area contributed by atoms with Gasteiger partial charge in [-0.15, -0.1) is 0 Å². The van der Waals surface area contributed by atoms with Crippen LogP contribution in [0.1, 0.15) is 116 Å². The van der Waals surface area contributed by atoms with Crippen molar-refractivity contribution >= 4 is 21.9 Å². The average Bonchev–Trinajstić information content (AvgIpc) is 3.73. The number of unbranched alkanes of at least 4 members (excludes halogenated alkanes) is 2. The summed E-state index contributed by atoms with van der Waals surface area (Å²) >= 11 is 0. The van der Waals surface area contributed by atoms with E-state index in [0.717, 1.165) is 104 Å². The topological polar surface area (TPSA) is 83.6 Å². The van der Waals surface area contributed by atoms with E-state index >= 15 is 0 Å². The van der Waals surface area contributed by atoms with E-state index in [1.807, 2.05) is 36.1 Å². The zero-order valence-electron chi connectivity index (χ0n) is 36.5. The van der Waals surface area contributed by atoms with Gasteiger partial charge in [0.2, 0.25) is 11.8 Å². The molecule has 0 bridgehead atoms. The molecule has 326 valence electrons. The van der Waals surface area contributed by atoms with Crippen molar-refractivity contribution in [1.29, 1.82) is 0 Å². The molecule has 1 unspecified atom stereocenters. The highest BCUT2D eigenvalue weighted by molar-refractivity contribution is 6.04. The molecule has 0 radical (unpaired) electrons. The fourth-order valence-corrected chi connectivity index (χ4v) is 13.0. The maximum atomic E-state index is 14.4. The molecule has 1 aliphatic heterocycles. The molecule has 0 N–H and O–H groups in total. The van der Waals surface area contributed by atoms with Crippen LogP contribution in [-0.2, 0) is 16.5 Å². The molecule has 0 spiro atoms. The van der Waals surface area contributed by atoms with Crippen molar-refractivity contribution in [2.24, 2.45) is 41.5 Å². The number of ether oxygens (including phenoxy) is 3. The third kappa shape index (κ3) is 7.93. The van der Waals surface area contributed by atoms with Crippen LogP contribution in [0.15, 0.2) is 47.5 Å². The van der Waals surface area contributed by atoms with Crippen molar-refractivity contribution in [2.75, 3.05) is 46.6 Å². The van der Waals surface area contributed by atoms with Gasteiger partial charge < -0.3 is 19.1 Å². The molecule has 11 heteroatoms. The first-order valence-corrected chi connectivity index (χ1v) is 23.3. The van der Waals surface area contributed by atoms with Crippen molar-refractivity contribution in [3.63, 3.8) is 0 Å². The Hall–Kier alpha value is -3.41. The van der Waals surface area contributed by atoms with Gasteiger partial charge in [0.25, 0.3) is 0 Å². The molecule has 5 fully saturated rings. The smallest absolute Gasteiger partial charge is 0.329 e. The minimum absolute atomic E-state index is 0.00852. The molecule has 9 nitrogen and oxygen atoms in total. The van der Waals surface area contributed by atoms with Gasteiger partial charge in [-0.25, -0.2) is 18.6 Å². The second-order valence-corrected chi connectivity index (χ2v) is 19.9. The molecule has 0 amide bonds. The summed E-state index contributed by atoms with van der Waals surface area (Å²) in [5.41, 5.74) is 4.99. The summed E-state index contributed by atoms with van der Waals surface area (Å²) in [6, 6.07) is 10.3. The lowest BCUT2D eigenvalue weighted by Crippen LogP contribution is -2.55. The SMILES string of the molecule is CN(CCCCCO[C@H]1CC[C@H]2[C@@H]3CC[C@H]4CC(F)(F)CCC4(C)[C@H]3CC[C@]12C)CCCOc1ccc(-c2ccc3ncc4c(c3c2)n(C2CCOCC2)c(=O)n4C)cn1. The third-order valence-electron chi connectivity index (χ3n) is 16.5. The number of nitrogens with zero attached hydrogens (tertiary/aromatic N) is 5. The van der Waals surface area contributed by atoms with Gasteiger partial charge in [-0.1, -0.05) is 19.9 Å². The number of alkyl halides is 2. The first kappa shape index (κ1) is 41.9. The van der Waals surface area contributed by atoms with Gasteiger partial charge in [0.05, 0.1) is 35.5 Å². The van der Waals surface area contributed by atoms with Crippen LogP contribution in [0.2, 0.25) is 0 Å². The lowest BCUT2D eigenvalue weighted by Gasteiger charge is -2.61. The molecular weight excluding hydrogens is 761 g/mol. The van der Waals surface area contributed by atoms with Crippen molar-refractivity contribution in [3.05, 3.63) is 53.2 Å².